The molecule has 1 atom stereocenters. The minimum Gasteiger partial charge on any atom is -0.497 e. The summed E-state index contributed by atoms with van der Waals surface area (Å²) in [7, 11) is -1.90. The topological polar surface area (TPSA) is 63.9 Å². The van der Waals surface area contributed by atoms with Gasteiger partial charge in [-0.2, -0.15) is 0 Å². The van der Waals surface area contributed by atoms with E-state index in [1.807, 2.05) is 48.7 Å². The summed E-state index contributed by atoms with van der Waals surface area (Å²) < 4.78 is 48.6. The van der Waals surface area contributed by atoms with E-state index in [9.17, 15) is 12.8 Å². The maximum atomic E-state index is 13.2. The molecule has 5 rings (SSSR count). The van der Waals surface area contributed by atoms with Crippen LogP contribution in [0, 0.1) is 5.82 Å². The van der Waals surface area contributed by atoms with Crippen LogP contribution in [0.2, 0.25) is 0 Å². The van der Waals surface area contributed by atoms with Crippen LogP contribution in [0.1, 0.15) is 30.1 Å². The number of rotatable bonds is 6. The van der Waals surface area contributed by atoms with E-state index in [2.05, 4.69) is 4.40 Å². The zero-order chi connectivity index (χ0) is 23.7. The average Bonchev–Trinajstić information content (AvgIpc) is 3.25. The van der Waals surface area contributed by atoms with Gasteiger partial charge in [-0.3, -0.25) is 0 Å². The number of halogens is 1. The molecule has 4 aromatic rings. The molecule has 6 nitrogen and oxygen atoms in total. The first-order chi connectivity index (χ1) is 16.4. The molecule has 0 amide bonds. The first kappa shape index (κ1) is 22.6. The number of sulfonamides is 1. The molecule has 0 saturated carbocycles. The van der Waals surface area contributed by atoms with E-state index in [1.165, 1.54) is 24.3 Å². The fourth-order valence-electron chi connectivity index (χ4n) is 4.62. The van der Waals surface area contributed by atoms with E-state index < -0.39 is 10.0 Å². The van der Waals surface area contributed by atoms with Crippen molar-refractivity contribution in [3.63, 3.8) is 0 Å². The second kappa shape index (κ2) is 9.19. The molecule has 1 aliphatic heterocycles. The number of benzene rings is 2. The lowest BCUT2D eigenvalue weighted by Gasteiger charge is -2.31. The van der Waals surface area contributed by atoms with Crippen molar-refractivity contribution < 1.29 is 17.5 Å². The summed E-state index contributed by atoms with van der Waals surface area (Å²) in [5, 5.41) is 0. The van der Waals surface area contributed by atoms with Crippen molar-refractivity contribution >= 4 is 15.5 Å². The first-order valence-electron chi connectivity index (χ1n) is 11.3. The van der Waals surface area contributed by atoms with E-state index >= 15 is 0 Å². The Labute approximate surface area is 198 Å². The van der Waals surface area contributed by atoms with Gasteiger partial charge in [0.25, 0.3) is 0 Å². The van der Waals surface area contributed by atoms with Gasteiger partial charge in [0.2, 0.25) is 10.0 Å². The molecule has 0 spiro atoms. The van der Waals surface area contributed by atoms with Gasteiger partial charge in [0.15, 0.2) is 0 Å². The number of aromatic nitrogens is 2. The SMILES string of the molecule is COc1cccc(-c2nc(C3CCCN(S(=O)(=O)Cc4ccc(F)cc4)C3)n3ccccc23)c1. The van der Waals surface area contributed by atoms with Crippen LogP contribution in [0.15, 0.2) is 72.9 Å². The Hall–Kier alpha value is -3.23. The number of methoxy groups -OCH3 is 1. The number of hydrogen-bond acceptors (Lipinski definition) is 4. The minimum atomic E-state index is -3.54. The van der Waals surface area contributed by atoms with E-state index in [4.69, 9.17) is 9.72 Å². The summed E-state index contributed by atoms with van der Waals surface area (Å²) in [6, 6.07) is 19.4. The first-order valence-corrected chi connectivity index (χ1v) is 12.9. The molecule has 1 saturated heterocycles. The lowest BCUT2D eigenvalue weighted by molar-refractivity contribution is 0.308. The molecule has 2 aromatic heterocycles. The predicted molar refractivity (Wildman–Crippen MR) is 130 cm³/mol. The lowest BCUT2D eigenvalue weighted by atomic mass is 9.99. The Kier molecular flexibility index (Phi) is 6.10. The van der Waals surface area contributed by atoms with Gasteiger partial charge in [-0.25, -0.2) is 22.1 Å². The van der Waals surface area contributed by atoms with Crippen molar-refractivity contribution in [3.05, 3.63) is 90.1 Å². The Morgan fingerprint density at radius 3 is 2.71 bits per heavy atom. The third kappa shape index (κ3) is 4.43. The van der Waals surface area contributed by atoms with E-state index in [1.54, 1.807) is 11.4 Å². The van der Waals surface area contributed by atoms with Crippen LogP contribution < -0.4 is 4.74 Å². The van der Waals surface area contributed by atoms with Gasteiger partial charge in [-0.05, 0) is 54.8 Å². The lowest BCUT2D eigenvalue weighted by Crippen LogP contribution is -2.40. The highest BCUT2D eigenvalue weighted by Crippen LogP contribution is 2.34. The standard InChI is InChI=1S/C26H26FN3O3S/c1-33-23-8-4-6-20(16-23)25-24-9-2-3-15-30(24)26(28-25)21-7-5-14-29(17-21)34(31,32)18-19-10-12-22(27)13-11-19/h2-4,6,8-13,15-16,21H,5,7,14,17-18H2,1H3. The molecule has 3 heterocycles. The zero-order valence-corrected chi connectivity index (χ0v) is 19.7. The van der Waals surface area contributed by atoms with Crippen molar-refractivity contribution in [1.29, 1.82) is 0 Å². The molecule has 8 heteroatoms. The number of fused-ring (bicyclic) bond motifs is 1. The summed E-state index contributed by atoms with van der Waals surface area (Å²) >= 11 is 0. The molecular formula is C26H26FN3O3S. The molecule has 2 aromatic carbocycles. The molecule has 0 N–H and O–H groups in total. The third-order valence-corrected chi connectivity index (χ3v) is 8.14. The highest BCUT2D eigenvalue weighted by molar-refractivity contribution is 7.88. The molecule has 176 valence electrons. The zero-order valence-electron chi connectivity index (χ0n) is 18.9. The van der Waals surface area contributed by atoms with Crippen molar-refractivity contribution in [2.24, 2.45) is 0 Å². The Balaban J connectivity index is 1.46. The Morgan fingerprint density at radius 2 is 1.91 bits per heavy atom. The molecule has 34 heavy (non-hydrogen) atoms. The summed E-state index contributed by atoms with van der Waals surface area (Å²) in [5.41, 5.74) is 3.35. The summed E-state index contributed by atoms with van der Waals surface area (Å²) in [4.78, 5) is 5.01. The fraction of sp³-hybridized carbons (Fsp3) is 0.269. The monoisotopic (exact) mass is 479 g/mol. The summed E-state index contributed by atoms with van der Waals surface area (Å²) in [6.45, 7) is 0.848. The van der Waals surface area contributed by atoms with Crippen molar-refractivity contribution in [2.75, 3.05) is 20.2 Å². The van der Waals surface area contributed by atoms with Crippen LogP contribution in [0.4, 0.5) is 4.39 Å². The van der Waals surface area contributed by atoms with Gasteiger partial charge in [-0.15, -0.1) is 0 Å². The molecule has 1 aliphatic rings. The number of ether oxygens (including phenoxy) is 1. The van der Waals surface area contributed by atoms with Crippen LogP contribution in [-0.4, -0.2) is 42.3 Å². The molecule has 0 bridgehead atoms. The summed E-state index contributed by atoms with van der Waals surface area (Å²) in [6.07, 6.45) is 3.59. The van der Waals surface area contributed by atoms with E-state index in [0.29, 0.717) is 18.7 Å². The number of piperidine rings is 1. The summed E-state index contributed by atoms with van der Waals surface area (Å²) in [5.74, 6) is 1.06. The quantitative estimate of drug-likeness (QED) is 0.396. The fourth-order valence-corrected chi connectivity index (χ4v) is 6.23. The largest absolute Gasteiger partial charge is 0.497 e. The minimum absolute atomic E-state index is 0.0361. The van der Waals surface area contributed by atoms with Crippen LogP contribution in [0.25, 0.3) is 16.8 Å². The third-order valence-electron chi connectivity index (χ3n) is 6.32. The van der Waals surface area contributed by atoms with Crippen LogP contribution in [0.5, 0.6) is 5.75 Å². The second-order valence-electron chi connectivity index (χ2n) is 8.59. The van der Waals surface area contributed by atoms with E-state index in [0.717, 1.165) is 41.2 Å². The van der Waals surface area contributed by atoms with Gasteiger partial charge in [0.1, 0.15) is 17.4 Å². The van der Waals surface area contributed by atoms with Gasteiger partial charge >= 0.3 is 0 Å². The highest BCUT2D eigenvalue weighted by atomic mass is 32.2. The van der Waals surface area contributed by atoms with Crippen LogP contribution in [0.3, 0.4) is 0 Å². The smallest absolute Gasteiger partial charge is 0.218 e. The molecule has 0 radical (unpaired) electrons. The molecule has 1 fully saturated rings. The molecule has 1 unspecified atom stereocenters. The van der Waals surface area contributed by atoms with Crippen LogP contribution >= 0.6 is 0 Å². The van der Waals surface area contributed by atoms with Crippen LogP contribution in [-0.2, 0) is 15.8 Å². The molecular weight excluding hydrogens is 453 g/mol. The predicted octanol–water partition coefficient (Wildman–Crippen LogP) is 4.86. The van der Waals surface area contributed by atoms with Gasteiger partial charge in [0, 0.05) is 30.8 Å². The second-order valence-corrected chi connectivity index (χ2v) is 10.6. The van der Waals surface area contributed by atoms with Gasteiger partial charge < -0.3 is 9.14 Å². The molecule has 0 aliphatic carbocycles. The number of hydrogen-bond donors (Lipinski definition) is 0. The van der Waals surface area contributed by atoms with E-state index in [-0.39, 0.29) is 17.5 Å². The maximum Gasteiger partial charge on any atom is 0.218 e. The Morgan fingerprint density at radius 1 is 1.09 bits per heavy atom. The number of pyridine rings is 1. The normalized spacial score (nSPS) is 17.2. The van der Waals surface area contributed by atoms with Crippen molar-refractivity contribution in [2.45, 2.75) is 24.5 Å². The average molecular weight is 480 g/mol. The Bertz CT molecular complexity index is 1420. The van der Waals surface area contributed by atoms with Crippen molar-refractivity contribution in [3.8, 4) is 17.0 Å². The van der Waals surface area contributed by atoms with Gasteiger partial charge in [-0.1, -0.05) is 30.3 Å². The van der Waals surface area contributed by atoms with Gasteiger partial charge in [0.05, 0.1) is 24.1 Å². The highest BCUT2D eigenvalue weighted by Gasteiger charge is 2.32. The van der Waals surface area contributed by atoms with Crippen molar-refractivity contribution in [1.82, 2.24) is 13.7 Å². The number of nitrogens with zero attached hydrogens (tertiary/aromatic N) is 3. The maximum absolute atomic E-state index is 13.2. The number of imidazole rings is 1.